The van der Waals surface area contributed by atoms with E-state index in [1.807, 2.05) is 24.3 Å². The molecule has 0 saturated heterocycles. The van der Waals surface area contributed by atoms with Gasteiger partial charge in [-0.25, -0.2) is 0 Å². The Morgan fingerprint density at radius 1 is 1.00 bits per heavy atom. The fraction of sp³-hybridized carbons (Fsp3) is 0.278. The Hall–Kier alpha value is -1.42. The van der Waals surface area contributed by atoms with Crippen LogP contribution in [0.2, 0.25) is 15.1 Å². The van der Waals surface area contributed by atoms with E-state index in [1.165, 1.54) is 12.1 Å². The standard InChI is InChI=1S/C18H18Cl3NO2/c1-10(2)12-6-4-5-7-17(12)24-11(3)18(23)22-16-9-14(20)13(19)8-15(16)21/h4-11H,1-3H3,(H,22,23)/t11-/m1/s1. The summed E-state index contributed by atoms with van der Waals surface area (Å²) in [5, 5.41) is 3.66. The number of benzene rings is 2. The Labute approximate surface area is 156 Å². The summed E-state index contributed by atoms with van der Waals surface area (Å²) in [6.07, 6.45) is -0.699. The Morgan fingerprint density at radius 3 is 2.29 bits per heavy atom. The van der Waals surface area contributed by atoms with E-state index in [0.29, 0.717) is 32.4 Å². The molecule has 2 aromatic carbocycles. The fourth-order valence-electron chi connectivity index (χ4n) is 2.16. The molecule has 0 heterocycles. The number of ether oxygens (including phenoxy) is 1. The van der Waals surface area contributed by atoms with Gasteiger partial charge in [0.1, 0.15) is 5.75 Å². The highest BCUT2D eigenvalue weighted by atomic mass is 35.5. The molecule has 3 nitrogen and oxygen atoms in total. The van der Waals surface area contributed by atoms with Gasteiger partial charge >= 0.3 is 0 Å². The molecule has 1 amide bonds. The van der Waals surface area contributed by atoms with Crippen LogP contribution in [0.25, 0.3) is 0 Å². The van der Waals surface area contributed by atoms with Gasteiger partial charge in [0.25, 0.3) is 5.91 Å². The lowest BCUT2D eigenvalue weighted by Crippen LogP contribution is -2.30. The van der Waals surface area contributed by atoms with Crippen molar-refractivity contribution in [2.45, 2.75) is 32.8 Å². The van der Waals surface area contributed by atoms with Crippen LogP contribution in [-0.2, 0) is 4.79 Å². The number of nitrogens with one attached hydrogen (secondary N) is 1. The van der Waals surface area contributed by atoms with E-state index in [-0.39, 0.29) is 5.91 Å². The van der Waals surface area contributed by atoms with E-state index in [2.05, 4.69) is 19.2 Å². The molecule has 0 bridgehead atoms. The maximum Gasteiger partial charge on any atom is 0.265 e. The lowest BCUT2D eigenvalue weighted by molar-refractivity contribution is -0.122. The maximum absolute atomic E-state index is 12.4. The Morgan fingerprint density at radius 2 is 1.62 bits per heavy atom. The highest BCUT2D eigenvalue weighted by Gasteiger charge is 2.19. The summed E-state index contributed by atoms with van der Waals surface area (Å²) in [6.45, 7) is 5.82. The molecule has 0 aliphatic heterocycles. The predicted octanol–water partition coefficient (Wildman–Crippen LogP) is 6.18. The number of carbonyl (C=O) groups is 1. The molecule has 1 atom stereocenters. The topological polar surface area (TPSA) is 38.3 Å². The van der Waals surface area contributed by atoms with Crippen LogP contribution >= 0.6 is 34.8 Å². The molecule has 128 valence electrons. The summed E-state index contributed by atoms with van der Waals surface area (Å²) in [5.41, 5.74) is 1.44. The van der Waals surface area contributed by atoms with Crippen molar-refractivity contribution in [3.63, 3.8) is 0 Å². The van der Waals surface area contributed by atoms with Crippen LogP contribution in [0, 0.1) is 0 Å². The summed E-state index contributed by atoms with van der Waals surface area (Å²) in [6, 6.07) is 10.7. The molecule has 2 aromatic rings. The molecule has 6 heteroatoms. The SMILES string of the molecule is CC(C)c1ccccc1O[C@H](C)C(=O)Nc1cc(Cl)c(Cl)cc1Cl. The number of carbonyl (C=O) groups excluding carboxylic acids is 1. The number of hydrogen-bond donors (Lipinski definition) is 1. The van der Waals surface area contributed by atoms with Crippen molar-refractivity contribution in [2.75, 3.05) is 5.32 Å². The number of anilines is 1. The Balaban J connectivity index is 2.12. The zero-order chi connectivity index (χ0) is 17.9. The van der Waals surface area contributed by atoms with Crippen LogP contribution in [0.1, 0.15) is 32.3 Å². The van der Waals surface area contributed by atoms with Crippen molar-refractivity contribution >= 4 is 46.4 Å². The number of amides is 1. The molecule has 0 aliphatic carbocycles. The van der Waals surface area contributed by atoms with E-state index in [4.69, 9.17) is 39.5 Å². The number of halogens is 3. The third-order valence-electron chi connectivity index (χ3n) is 3.48. The number of hydrogen-bond acceptors (Lipinski definition) is 2. The van der Waals surface area contributed by atoms with Gasteiger partial charge in [-0.2, -0.15) is 0 Å². The number of para-hydroxylation sites is 1. The first-order chi connectivity index (χ1) is 11.3. The normalized spacial score (nSPS) is 12.1. The largest absolute Gasteiger partial charge is 0.481 e. The lowest BCUT2D eigenvalue weighted by Gasteiger charge is -2.19. The van der Waals surface area contributed by atoms with Gasteiger partial charge < -0.3 is 10.1 Å². The zero-order valence-corrected chi connectivity index (χ0v) is 15.8. The van der Waals surface area contributed by atoms with E-state index >= 15 is 0 Å². The molecule has 0 spiro atoms. The van der Waals surface area contributed by atoms with Crippen LogP contribution in [0.15, 0.2) is 36.4 Å². The molecule has 0 aromatic heterocycles. The minimum Gasteiger partial charge on any atom is -0.481 e. The zero-order valence-electron chi connectivity index (χ0n) is 13.6. The Kier molecular flexibility index (Phi) is 6.39. The summed E-state index contributed by atoms with van der Waals surface area (Å²) >= 11 is 17.9. The smallest absolute Gasteiger partial charge is 0.265 e. The van der Waals surface area contributed by atoms with Crippen LogP contribution in [0.5, 0.6) is 5.75 Å². The second-order valence-electron chi connectivity index (χ2n) is 5.69. The highest BCUT2D eigenvalue weighted by Crippen LogP contribution is 2.32. The van der Waals surface area contributed by atoms with Crippen LogP contribution in [-0.4, -0.2) is 12.0 Å². The van der Waals surface area contributed by atoms with Crippen molar-refractivity contribution in [3.05, 3.63) is 57.0 Å². The van der Waals surface area contributed by atoms with Crippen LogP contribution in [0.4, 0.5) is 5.69 Å². The highest BCUT2D eigenvalue weighted by molar-refractivity contribution is 6.44. The summed E-state index contributed by atoms with van der Waals surface area (Å²) in [5.74, 6) is 0.658. The first kappa shape index (κ1) is 18.9. The maximum atomic E-state index is 12.4. The van der Waals surface area contributed by atoms with Gasteiger partial charge in [-0.1, -0.05) is 66.8 Å². The van der Waals surface area contributed by atoms with Gasteiger partial charge in [0.2, 0.25) is 0 Å². The average molecular weight is 387 g/mol. The van der Waals surface area contributed by atoms with Crippen LogP contribution < -0.4 is 10.1 Å². The third-order valence-corrected chi connectivity index (χ3v) is 4.52. The minimum atomic E-state index is -0.699. The molecule has 24 heavy (non-hydrogen) atoms. The van der Waals surface area contributed by atoms with Gasteiger partial charge in [0, 0.05) is 0 Å². The molecular formula is C18H18Cl3NO2. The first-order valence-electron chi connectivity index (χ1n) is 7.50. The molecule has 2 rings (SSSR count). The monoisotopic (exact) mass is 385 g/mol. The van der Waals surface area contributed by atoms with Gasteiger partial charge in [0.15, 0.2) is 6.10 Å². The quantitative estimate of drug-likeness (QED) is 0.623. The van der Waals surface area contributed by atoms with Gasteiger partial charge in [-0.15, -0.1) is 0 Å². The summed E-state index contributed by atoms with van der Waals surface area (Å²) in [4.78, 5) is 12.4. The second-order valence-corrected chi connectivity index (χ2v) is 6.91. The Bertz CT molecular complexity index is 747. The van der Waals surface area contributed by atoms with Gasteiger partial charge in [-0.3, -0.25) is 4.79 Å². The molecule has 0 unspecified atom stereocenters. The van der Waals surface area contributed by atoms with E-state index < -0.39 is 6.10 Å². The van der Waals surface area contributed by atoms with E-state index in [9.17, 15) is 4.79 Å². The minimum absolute atomic E-state index is 0.293. The average Bonchev–Trinajstić information content (AvgIpc) is 2.52. The summed E-state index contributed by atoms with van der Waals surface area (Å²) < 4.78 is 5.82. The van der Waals surface area contributed by atoms with Gasteiger partial charge in [-0.05, 0) is 36.6 Å². The van der Waals surface area contributed by atoms with Crippen molar-refractivity contribution < 1.29 is 9.53 Å². The molecule has 0 radical (unpaired) electrons. The molecular weight excluding hydrogens is 369 g/mol. The first-order valence-corrected chi connectivity index (χ1v) is 8.64. The number of rotatable bonds is 5. The predicted molar refractivity (Wildman–Crippen MR) is 101 cm³/mol. The molecule has 0 saturated carbocycles. The second kappa shape index (κ2) is 8.11. The molecule has 1 N–H and O–H groups in total. The fourth-order valence-corrected chi connectivity index (χ4v) is 2.76. The molecule has 0 aliphatic rings. The third kappa shape index (κ3) is 4.56. The summed E-state index contributed by atoms with van der Waals surface area (Å²) in [7, 11) is 0. The van der Waals surface area contributed by atoms with Gasteiger partial charge in [0.05, 0.1) is 20.8 Å². The van der Waals surface area contributed by atoms with Crippen molar-refractivity contribution in [1.29, 1.82) is 0 Å². The van der Waals surface area contributed by atoms with E-state index in [0.717, 1.165) is 5.56 Å². The molecule has 0 fully saturated rings. The lowest BCUT2D eigenvalue weighted by atomic mass is 10.0. The van der Waals surface area contributed by atoms with Crippen LogP contribution in [0.3, 0.4) is 0 Å². The van der Waals surface area contributed by atoms with E-state index in [1.54, 1.807) is 6.92 Å². The van der Waals surface area contributed by atoms with Crippen molar-refractivity contribution in [2.24, 2.45) is 0 Å². The van der Waals surface area contributed by atoms with Crippen molar-refractivity contribution in [3.8, 4) is 5.75 Å². The van der Waals surface area contributed by atoms with Crippen molar-refractivity contribution in [1.82, 2.24) is 0 Å².